The highest BCUT2D eigenvalue weighted by atomic mass is 15.1. The van der Waals surface area contributed by atoms with Crippen molar-refractivity contribution in [2.45, 2.75) is 51.6 Å². The van der Waals surface area contributed by atoms with Crippen LogP contribution >= 0.6 is 0 Å². The zero-order valence-electron chi connectivity index (χ0n) is 12.0. The van der Waals surface area contributed by atoms with Crippen LogP contribution in [-0.2, 0) is 19.4 Å². The Labute approximate surface area is 111 Å². The molecule has 1 aromatic rings. The quantitative estimate of drug-likeness (QED) is 0.885. The van der Waals surface area contributed by atoms with Gasteiger partial charge in [0.15, 0.2) is 0 Å². The first kappa shape index (κ1) is 13.6. The van der Waals surface area contributed by atoms with Gasteiger partial charge in [0, 0.05) is 18.6 Å². The number of likely N-dealkylation sites (N-methyl/N-ethyl adjacent to an activating group) is 1. The monoisotopic (exact) mass is 246 g/mol. The summed E-state index contributed by atoms with van der Waals surface area (Å²) in [5, 5.41) is 0. The highest BCUT2D eigenvalue weighted by Crippen LogP contribution is 2.22. The summed E-state index contributed by atoms with van der Waals surface area (Å²) in [6.45, 7) is 6.07. The van der Waals surface area contributed by atoms with E-state index in [9.17, 15) is 0 Å². The second-order valence-corrected chi connectivity index (χ2v) is 6.47. The molecule has 0 saturated heterocycles. The van der Waals surface area contributed by atoms with Gasteiger partial charge in [0.25, 0.3) is 0 Å². The second kappa shape index (κ2) is 5.41. The van der Waals surface area contributed by atoms with Crippen LogP contribution in [0.15, 0.2) is 18.2 Å². The lowest BCUT2D eigenvalue weighted by atomic mass is 9.90. The van der Waals surface area contributed by atoms with Gasteiger partial charge in [-0.15, -0.1) is 0 Å². The van der Waals surface area contributed by atoms with Gasteiger partial charge in [0.1, 0.15) is 0 Å². The minimum atomic E-state index is -0.122. The van der Waals surface area contributed by atoms with Crippen molar-refractivity contribution in [3.8, 4) is 0 Å². The zero-order chi connectivity index (χ0) is 13.2. The van der Waals surface area contributed by atoms with Crippen LogP contribution < -0.4 is 5.73 Å². The molecule has 0 fully saturated rings. The minimum Gasteiger partial charge on any atom is -0.324 e. The summed E-state index contributed by atoms with van der Waals surface area (Å²) < 4.78 is 0. The van der Waals surface area contributed by atoms with Crippen LogP contribution in [0.2, 0.25) is 0 Å². The fourth-order valence-electron chi connectivity index (χ4n) is 2.95. The summed E-state index contributed by atoms with van der Waals surface area (Å²) in [6, 6.07) is 7.00. The lowest BCUT2D eigenvalue weighted by molar-refractivity contribution is 0.263. The van der Waals surface area contributed by atoms with Crippen LogP contribution in [-0.4, -0.2) is 24.0 Å². The molecule has 100 valence electrons. The number of fused-ring (bicyclic) bond motifs is 1. The predicted molar refractivity (Wildman–Crippen MR) is 77.7 cm³/mol. The van der Waals surface area contributed by atoms with Crippen molar-refractivity contribution in [2.24, 2.45) is 5.73 Å². The molecule has 0 spiro atoms. The molecule has 0 atom stereocenters. The lowest BCUT2D eigenvalue weighted by Crippen LogP contribution is -2.43. The van der Waals surface area contributed by atoms with Crippen LogP contribution in [0.3, 0.4) is 0 Å². The van der Waals surface area contributed by atoms with Gasteiger partial charge in [-0.3, -0.25) is 0 Å². The molecule has 2 N–H and O–H groups in total. The molecular formula is C16H26N2. The number of hydrogen-bond acceptors (Lipinski definition) is 2. The number of nitrogens with zero attached hydrogens (tertiary/aromatic N) is 1. The molecule has 0 heterocycles. The summed E-state index contributed by atoms with van der Waals surface area (Å²) in [6.07, 6.45) is 5.23. The molecule has 0 bridgehead atoms. The third-order valence-electron chi connectivity index (χ3n) is 3.54. The van der Waals surface area contributed by atoms with Gasteiger partial charge in [-0.2, -0.15) is 0 Å². The highest BCUT2D eigenvalue weighted by molar-refractivity contribution is 5.33. The number of benzene rings is 1. The Kier molecular flexibility index (Phi) is 4.08. The van der Waals surface area contributed by atoms with E-state index in [0.717, 1.165) is 13.1 Å². The fraction of sp³-hybridized carbons (Fsp3) is 0.625. The normalized spacial score (nSPS) is 15.8. The molecular weight excluding hydrogens is 220 g/mol. The third-order valence-corrected chi connectivity index (χ3v) is 3.54. The lowest BCUT2D eigenvalue weighted by Gasteiger charge is -2.27. The number of nitrogens with two attached hydrogens (primary N) is 1. The van der Waals surface area contributed by atoms with Crippen molar-refractivity contribution < 1.29 is 0 Å². The van der Waals surface area contributed by atoms with Crippen molar-refractivity contribution in [2.75, 3.05) is 13.6 Å². The smallest absolute Gasteiger partial charge is 0.0231 e. The number of rotatable bonds is 4. The van der Waals surface area contributed by atoms with E-state index >= 15 is 0 Å². The van der Waals surface area contributed by atoms with E-state index in [0.29, 0.717) is 0 Å². The molecule has 0 aromatic heterocycles. The first-order chi connectivity index (χ1) is 8.44. The molecule has 0 aliphatic heterocycles. The van der Waals surface area contributed by atoms with E-state index in [1.165, 1.54) is 31.2 Å². The molecule has 2 rings (SSSR count). The van der Waals surface area contributed by atoms with Gasteiger partial charge < -0.3 is 10.6 Å². The Morgan fingerprint density at radius 2 is 1.83 bits per heavy atom. The molecule has 0 saturated carbocycles. The van der Waals surface area contributed by atoms with Crippen LogP contribution in [0.5, 0.6) is 0 Å². The molecule has 0 radical (unpaired) electrons. The SMILES string of the molecule is CN(Cc1ccc2c(c1)CCCC2)CC(C)(C)N. The van der Waals surface area contributed by atoms with E-state index < -0.39 is 0 Å². The van der Waals surface area contributed by atoms with Gasteiger partial charge in [-0.1, -0.05) is 18.2 Å². The van der Waals surface area contributed by atoms with E-state index in [4.69, 9.17) is 5.73 Å². The Morgan fingerprint density at radius 1 is 1.17 bits per heavy atom. The maximum Gasteiger partial charge on any atom is 0.0231 e. The molecule has 0 unspecified atom stereocenters. The van der Waals surface area contributed by atoms with Crippen LogP contribution in [0, 0.1) is 0 Å². The summed E-state index contributed by atoms with van der Waals surface area (Å²) in [5.74, 6) is 0. The molecule has 1 aliphatic carbocycles. The minimum absolute atomic E-state index is 0.122. The van der Waals surface area contributed by atoms with Crippen molar-refractivity contribution in [1.29, 1.82) is 0 Å². The molecule has 2 nitrogen and oxygen atoms in total. The molecule has 1 aromatic carbocycles. The molecule has 2 heteroatoms. The summed E-state index contributed by atoms with van der Waals surface area (Å²) in [5.41, 5.74) is 10.5. The predicted octanol–water partition coefficient (Wildman–Crippen LogP) is 2.73. The van der Waals surface area contributed by atoms with Gasteiger partial charge in [0.05, 0.1) is 0 Å². The maximum atomic E-state index is 6.06. The van der Waals surface area contributed by atoms with E-state index in [-0.39, 0.29) is 5.54 Å². The Hall–Kier alpha value is -0.860. The summed E-state index contributed by atoms with van der Waals surface area (Å²) >= 11 is 0. The van der Waals surface area contributed by atoms with Gasteiger partial charge in [-0.25, -0.2) is 0 Å². The van der Waals surface area contributed by atoms with Crippen molar-refractivity contribution in [1.82, 2.24) is 4.90 Å². The maximum absolute atomic E-state index is 6.06. The Balaban J connectivity index is 2.01. The standard InChI is InChI=1S/C16H26N2/c1-16(2,17)12-18(3)11-13-8-9-14-6-4-5-7-15(14)10-13/h8-10H,4-7,11-12,17H2,1-3H3. The molecule has 18 heavy (non-hydrogen) atoms. The summed E-state index contributed by atoms with van der Waals surface area (Å²) in [4.78, 5) is 2.31. The average Bonchev–Trinajstić information content (AvgIpc) is 2.26. The van der Waals surface area contributed by atoms with Gasteiger partial charge >= 0.3 is 0 Å². The van der Waals surface area contributed by atoms with E-state index in [1.807, 2.05) is 0 Å². The second-order valence-electron chi connectivity index (χ2n) is 6.47. The fourth-order valence-corrected chi connectivity index (χ4v) is 2.95. The van der Waals surface area contributed by atoms with Crippen molar-refractivity contribution in [3.05, 3.63) is 34.9 Å². The van der Waals surface area contributed by atoms with Gasteiger partial charge in [-0.05, 0) is 63.3 Å². The summed E-state index contributed by atoms with van der Waals surface area (Å²) in [7, 11) is 2.15. The average molecular weight is 246 g/mol. The topological polar surface area (TPSA) is 29.3 Å². The van der Waals surface area contributed by atoms with Crippen molar-refractivity contribution >= 4 is 0 Å². The van der Waals surface area contributed by atoms with Gasteiger partial charge in [0.2, 0.25) is 0 Å². The zero-order valence-corrected chi connectivity index (χ0v) is 12.0. The highest BCUT2D eigenvalue weighted by Gasteiger charge is 2.15. The van der Waals surface area contributed by atoms with E-state index in [2.05, 4.69) is 44.0 Å². The van der Waals surface area contributed by atoms with Crippen LogP contribution in [0.4, 0.5) is 0 Å². The first-order valence-corrected chi connectivity index (χ1v) is 7.02. The molecule has 1 aliphatic rings. The molecule has 0 amide bonds. The Morgan fingerprint density at radius 3 is 2.50 bits per heavy atom. The third kappa shape index (κ3) is 3.82. The number of aryl methyl sites for hydroxylation is 2. The largest absolute Gasteiger partial charge is 0.324 e. The van der Waals surface area contributed by atoms with E-state index in [1.54, 1.807) is 11.1 Å². The Bertz CT molecular complexity index is 404. The van der Waals surface area contributed by atoms with Crippen molar-refractivity contribution in [3.63, 3.8) is 0 Å². The number of hydrogen-bond donors (Lipinski definition) is 1. The van der Waals surface area contributed by atoms with Crippen LogP contribution in [0.25, 0.3) is 0 Å². The van der Waals surface area contributed by atoms with Crippen LogP contribution in [0.1, 0.15) is 43.4 Å². The first-order valence-electron chi connectivity index (χ1n) is 7.02.